The highest BCUT2D eigenvalue weighted by molar-refractivity contribution is 7.12. The van der Waals surface area contributed by atoms with Gasteiger partial charge in [-0.05, 0) is 37.0 Å². The Morgan fingerprint density at radius 1 is 1.16 bits per heavy atom. The minimum Gasteiger partial charge on any atom is -0.364 e. The zero-order chi connectivity index (χ0) is 13.4. The standard InChI is InChI=1S/C13H11Cl3N2S/c14-9-5-10(15)13(18-12(9)16)17-6-8-4-7-2-1-3-11(7)19-8/h4-5H,1-3,6H2,(H,17,18). The Kier molecular flexibility index (Phi) is 3.90. The molecule has 0 bridgehead atoms. The van der Waals surface area contributed by atoms with E-state index in [0.29, 0.717) is 22.4 Å². The van der Waals surface area contributed by atoms with Gasteiger partial charge in [0.2, 0.25) is 0 Å². The van der Waals surface area contributed by atoms with E-state index in [4.69, 9.17) is 34.8 Å². The Labute approximate surface area is 130 Å². The Morgan fingerprint density at radius 2 is 2.00 bits per heavy atom. The SMILES string of the molecule is Clc1cc(Cl)c(NCc2cc3c(s2)CCC3)nc1Cl. The number of rotatable bonds is 3. The van der Waals surface area contributed by atoms with Crippen molar-refractivity contribution in [2.75, 3.05) is 5.32 Å². The lowest BCUT2D eigenvalue weighted by Gasteiger charge is -2.07. The molecular weight excluding hydrogens is 323 g/mol. The maximum Gasteiger partial charge on any atom is 0.150 e. The molecule has 0 unspecified atom stereocenters. The zero-order valence-corrected chi connectivity index (χ0v) is 13.1. The van der Waals surface area contributed by atoms with Crippen molar-refractivity contribution in [1.29, 1.82) is 0 Å². The van der Waals surface area contributed by atoms with Gasteiger partial charge >= 0.3 is 0 Å². The first-order valence-electron chi connectivity index (χ1n) is 5.99. The molecule has 3 rings (SSSR count). The number of thiophene rings is 1. The zero-order valence-electron chi connectivity index (χ0n) is 9.97. The fraction of sp³-hybridized carbons (Fsp3) is 0.308. The van der Waals surface area contributed by atoms with Crippen molar-refractivity contribution in [2.24, 2.45) is 0 Å². The fourth-order valence-electron chi connectivity index (χ4n) is 2.22. The van der Waals surface area contributed by atoms with Crippen molar-refractivity contribution < 1.29 is 0 Å². The number of halogens is 3. The van der Waals surface area contributed by atoms with Gasteiger partial charge in [0.15, 0.2) is 0 Å². The molecule has 0 saturated carbocycles. The van der Waals surface area contributed by atoms with Gasteiger partial charge < -0.3 is 5.32 Å². The lowest BCUT2D eigenvalue weighted by atomic mass is 10.2. The summed E-state index contributed by atoms with van der Waals surface area (Å²) in [5.41, 5.74) is 1.50. The van der Waals surface area contributed by atoms with Crippen LogP contribution in [0.1, 0.15) is 21.7 Å². The topological polar surface area (TPSA) is 24.9 Å². The van der Waals surface area contributed by atoms with Gasteiger partial charge in [-0.2, -0.15) is 0 Å². The maximum absolute atomic E-state index is 6.08. The summed E-state index contributed by atoms with van der Waals surface area (Å²) in [5, 5.41) is 4.33. The average Bonchev–Trinajstić information content (AvgIpc) is 2.92. The molecule has 1 N–H and O–H groups in total. The highest BCUT2D eigenvalue weighted by Gasteiger charge is 2.15. The van der Waals surface area contributed by atoms with Crippen molar-refractivity contribution in [2.45, 2.75) is 25.8 Å². The van der Waals surface area contributed by atoms with Gasteiger partial charge in [0.05, 0.1) is 16.6 Å². The summed E-state index contributed by atoms with van der Waals surface area (Å²) in [6, 6.07) is 3.88. The predicted octanol–water partition coefficient (Wildman–Crippen LogP) is 5.20. The summed E-state index contributed by atoms with van der Waals surface area (Å²) in [7, 11) is 0. The van der Waals surface area contributed by atoms with E-state index < -0.39 is 0 Å². The van der Waals surface area contributed by atoms with Crippen LogP contribution in [0.2, 0.25) is 15.2 Å². The first-order chi connectivity index (χ1) is 9.13. The third kappa shape index (κ3) is 2.84. The number of aromatic nitrogens is 1. The van der Waals surface area contributed by atoms with Crippen molar-refractivity contribution in [3.05, 3.63) is 42.6 Å². The van der Waals surface area contributed by atoms with Gasteiger partial charge in [0.25, 0.3) is 0 Å². The van der Waals surface area contributed by atoms with E-state index in [1.165, 1.54) is 34.6 Å². The largest absolute Gasteiger partial charge is 0.364 e. The highest BCUT2D eigenvalue weighted by Crippen LogP contribution is 2.32. The summed E-state index contributed by atoms with van der Waals surface area (Å²) in [6.45, 7) is 0.711. The van der Waals surface area contributed by atoms with Gasteiger partial charge in [-0.15, -0.1) is 11.3 Å². The number of pyridine rings is 1. The molecule has 0 atom stereocenters. The van der Waals surface area contributed by atoms with Crippen LogP contribution in [0.5, 0.6) is 0 Å². The molecule has 2 heterocycles. The second-order valence-corrected chi connectivity index (χ2v) is 6.85. The maximum atomic E-state index is 6.08. The van der Waals surface area contributed by atoms with Crippen LogP contribution in [-0.4, -0.2) is 4.98 Å². The molecule has 2 nitrogen and oxygen atoms in total. The van der Waals surface area contributed by atoms with E-state index >= 15 is 0 Å². The number of nitrogens with zero attached hydrogens (tertiary/aromatic N) is 1. The minimum absolute atomic E-state index is 0.266. The molecule has 6 heteroatoms. The van der Waals surface area contributed by atoms with Crippen molar-refractivity contribution in [3.8, 4) is 0 Å². The lowest BCUT2D eigenvalue weighted by molar-refractivity contribution is 0.913. The van der Waals surface area contributed by atoms with Crippen LogP contribution in [-0.2, 0) is 19.4 Å². The number of hydrogen-bond donors (Lipinski definition) is 1. The Balaban J connectivity index is 1.73. The van der Waals surface area contributed by atoms with Crippen LogP contribution < -0.4 is 5.32 Å². The number of fused-ring (bicyclic) bond motifs is 1. The van der Waals surface area contributed by atoms with Crippen molar-refractivity contribution in [3.63, 3.8) is 0 Å². The first kappa shape index (κ1) is 13.5. The Hall–Kier alpha value is -0.480. The Bertz CT molecular complexity index is 603. The quantitative estimate of drug-likeness (QED) is 0.780. The molecular formula is C13H11Cl3N2S. The molecule has 2 aromatic heterocycles. The third-order valence-electron chi connectivity index (χ3n) is 3.11. The molecule has 1 aliphatic carbocycles. The highest BCUT2D eigenvalue weighted by atomic mass is 35.5. The normalized spacial score (nSPS) is 13.6. The number of anilines is 1. The van der Waals surface area contributed by atoms with E-state index in [-0.39, 0.29) is 5.15 Å². The first-order valence-corrected chi connectivity index (χ1v) is 7.94. The minimum atomic E-state index is 0.266. The second-order valence-electron chi connectivity index (χ2n) is 4.46. The van der Waals surface area contributed by atoms with Crippen LogP contribution in [0.25, 0.3) is 0 Å². The summed E-state index contributed by atoms with van der Waals surface area (Å²) < 4.78 is 0. The summed E-state index contributed by atoms with van der Waals surface area (Å²) in [5.74, 6) is 0.574. The van der Waals surface area contributed by atoms with Gasteiger partial charge in [0, 0.05) is 9.75 Å². The van der Waals surface area contributed by atoms with E-state index in [2.05, 4.69) is 16.4 Å². The number of hydrogen-bond acceptors (Lipinski definition) is 3. The van der Waals surface area contributed by atoms with E-state index in [1.54, 1.807) is 6.07 Å². The van der Waals surface area contributed by atoms with Crippen LogP contribution in [0.4, 0.5) is 5.82 Å². The van der Waals surface area contributed by atoms with Gasteiger partial charge in [-0.1, -0.05) is 34.8 Å². The van der Waals surface area contributed by atoms with Crippen LogP contribution in [0, 0.1) is 0 Å². The number of aryl methyl sites for hydroxylation is 2. The van der Waals surface area contributed by atoms with Gasteiger partial charge in [-0.25, -0.2) is 4.98 Å². The second kappa shape index (κ2) is 5.49. The molecule has 0 spiro atoms. The van der Waals surface area contributed by atoms with Gasteiger partial charge in [-0.3, -0.25) is 0 Å². The van der Waals surface area contributed by atoms with Crippen molar-refractivity contribution >= 4 is 52.0 Å². The fourth-order valence-corrected chi connectivity index (χ4v) is 3.98. The summed E-state index contributed by atoms with van der Waals surface area (Å²) >= 11 is 19.7. The van der Waals surface area contributed by atoms with E-state index in [0.717, 1.165) is 0 Å². The van der Waals surface area contributed by atoms with Crippen molar-refractivity contribution in [1.82, 2.24) is 4.98 Å². The number of nitrogens with one attached hydrogen (secondary N) is 1. The predicted molar refractivity (Wildman–Crippen MR) is 82.9 cm³/mol. The molecule has 1 aliphatic rings. The lowest BCUT2D eigenvalue weighted by Crippen LogP contribution is -2.01. The Morgan fingerprint density at radius 3 is 2.79 bits per heavy atom. The average molecular weight is 334 g/mol. The molecule has 0 aliphatic heterocycles. The molecule has 0 aromatic carbocycles. The van der Waals surface area contributed by atoms with E-state index in [9.17, 15) is 0 Å². The molecule has 2 aromatic rings. The molecule has 100 valence electrons. The van der Waals surface area contributed by atoms with Crippen LogP contribution in [0.15, 0.2) is 12.1 Å². The van der Waals surface area contributed by atoms with Crippen LogP contribution >= 0.6 is 46.1 Å². The third-order valence-corrected chi connectivity index (χ3v) is 5.31. The molecule has 0 fully saturated rings. The van der Waals surface area contributed by atoms with Crippen LogP contribution in [0.3, 0.4) is 0 Å². The molecule has 0 radical (unpaired) electrons. The van der Waals surface area contributed by atoms with Gasteiger partial charge in [0.1, 0.15) is 11.0 Å². The molecule has 19 heavy (non-hydrogen) atoms. The summed E-state index contributed by atoms with van der Waals surface area (Å²) in [6.07, 6.45) is 3.71. The van der Waals surface area contributed by atoms with E-state index in [1.807, 2.05) is 11.3 Å². The molecule has 0 saturated heterocycles. The molecule has 0 amide bonds. The summed E-state index contributed by atoms with van der Waals surface area (Å²) in [4.78, 5) is 6.96. The smallest absolute Gasteiger partial charge is 0.150 e. The monoisotopic (exact) mass is 332 g/mol.